The van der Waals surface area contributed by atoms with Gasteiger partial charge in [0.2, 0.25) is 10.0 Å². The van der Waals surface area contributed by atoms with Crippen molar-refractivity contribution in [2.24, 2.45) is 0 Å². The van der Waals surface area contributed by atoms with E-state index < -0.39 is 10.0 Å². The SMILES string of the molecule is CS(=O)(=O)N[C@H]1CCCN(C(=O)c2ccc3c(c2)CCC3)C1. The van der Waals surface area contributed by atoms with Crippen molar-refractivity contribution in [2.45, 2.75) is 38.1 Å². The van der Waals surface area contributed by atoms with Crippen LogP contribution in [-0.2, 0) is 22.9 Å². The molecule has 2 aliphatic rings. The molecule has 0 unspecified atom stereocenters. The second kappa shape index (κ2) is 6.01. The fraction of sp³-hybridized carbons (Fsp3) is 0.562. The summed E-state index contributed by atoms with van der Waals surface area (Å²) >= 11 is 0. The number of amides is 1. The lowest BCUT2D eigenvalue weighted by Gasteiger charge is -2.33. The van der Waals surface area contributed by atoms with Gasteiger partial charge in [-0.15, -0.1) is 0 Å². The van der Waals surface area contributed by atoms with Crippen molar-refractivity contribution < 1.29 is 13.2 Å². The normalized spacial score (nSPS) is 21.7. The van der Waals surface area contributed by atoms with Crippen molar-refractivity contribution in [2.75, 3.05) is 19.3 Å². The highest BCUT2D eigenvalue weighted by atomic mass is 32.2. The molecule has 1 fully saturated rings. The summed E-state index contributed by atoms with van der Waals surface area (Å²) < 4.78 is 25.3. The highest BCUT2D eigenvalue weighted by Crippen LogP contribution is 2.24. The number of benzene rings is 1. The number of nitrogens with zero attached hydrogens (tertiary/aromatic N) is 1. The molecule has 5 nitrogen and oxygen atoms in total. The third-order valence-corrected chi connectivity index (χ3v) is 5.20. The molecular weight excluding hydrogens is 300 g/mol. The summed E-state index contributed by atoms with van der Waals surface area (Å²) in [7, 11) is -3.23. The van der Waals surface area contributed by atoms with Crippen molar-refractivity contribution in [3.8, 4) is 0 Å². The monoisotopic (exact) mass is 322 g/mol. The van der Waals surface area contributed by atoms with E-state index in [1.807, 2.05) is 12.1 Å². The zero-order valence-corrected chi connectivity index (χ0v) is 13.7. The molecule has 0 spiro atoms. The summed E-state index contributed by atoms with van der Waals surface area (Å²) in [4.78, 5) is 14.4. The Labute approximate surface area is 131 Å². The first-order chi connectivity index (χ1) is 10.4. The number of rotatable bonds is 3. The molecule has 0 radical (unpaired) electrons. The summed E-state index contributed by atoms with van der Waals surface area (Å²) in [6, 6.07) is 5.80. The van der Waals surface area contributed by atoms with Gasteiger partial charge in [0.15, 0.2) is 0 Å². The summed E-state index contributed by atoms with van der Waals surface area (Å²) in [5.41, 5.74) is 3.36. The fourth-order valence-electron chi connectivity index (χ4n) is 3.45. The first kappa shape index (κ1) is 15.5. The number of aryl methyl sites for hydroxylation is 2. The van der Waals surface area contributed by atoms with Crippen LogP contribution in [0.15, 0.2) is 18.2 Å². The molecule has 6 heteroatoms. The third kappa shape index (κ3) is 3.50. The highest BCUT2D eigenvalue weighted by molar-refractivity contribution is 7.88. The van der Waals surface area contributed by atoms with Crippen LogP contribution in [0.5, 0.6) is 0 Å². The Balaban J connectivity index is 1.71. The lowest BCUT2D eigenvalue weighted by molar-refractivity contribution is 0.0703. The molecule has 1 N–H and O–H groups in total. The van der Waals surface area contributed by atoms with Crippen LogP contribution in [0.25, 0.3) is 0 Å². The van der Waals surface area contributed by atoms with Crippen molar-refractivity contribution in [3.63, 3.8) is 0 Å². The Kier molecular flexibility index (Phi) is 4.23. The molecule has 1 aromatic carbocycles. The molecule has 1 heterocycles. The maximum Gasteiger partial charge on any atom is 0.253 e. The standard InChI is InChI=1S/C16H22N2O3S/c1-22(20,21)17-15-6-3-9-18(11-15)16(19)14-8-7-12-4-2-5-13(12)10-14/h7-8,10,15,17H,2-6,9,11H2,1H3/t15-/m0/s1. The van der Waals surface area contributed by atoms with Crippen LogP contribution in [0.4, 0.5) is 0 Å². The quantitative estimate of drug-likeness (QED) is 0.913. The van der Waals surface area contributed by atoms with E-state index in [4.69, 9.17) is 0 Å². The molecule has 1 amide bonds. The predicted octanol–water partition coefficient (Wildman–Crippen LogP) is 1.33. The van der Waals surface area contributed by atoms with Gasteiger partial charge in [0.05, 0.1) is 6.26 Å². The van der Waals surface area contributed by atoms with Gasteiger partial charge in [-0.2, -0.15) is 0 Å². The van der Waals surface area contributed by atoms with Crippen LogP contribution >= 0.6 is 0 Å². The molecule has 1 aliphatic heterocycles. The summed E-state index contributed by atoms with van der Waals surface area (Å²) in [6.07, 6.45) is 6.08. The van der Waals surface area contributed by atoms with E-state index in [9.17, 15) is 13.2 Å². The maximum absolute atomic E-state index is 12.7. The second-order valence-corrected chi connectivity index (χ2v) is 8.10. The van der Waals surface area contributed by atoms with Crippen molar-refractivity contribution >= 4 is 15.9 Å². The zero-order chi connectivity index (χ0) is 15.7. The molecule has 0 saturated carbocycles. The van der Waals surface area contributed by atoms with Gasteiger partial charge in [0, 0.05) is 24.7 Å². The fourth-order valence-corrected chi connectivity index (χ4v) is 4.25. The van der Waals surface area contributed by atoms with Crippen LogP contribution in [0, 0.1) is 0 Å². The van der Waals surface area contributed by atoms with Gasteiger partial charge in [-0.25, -0.2) is 13.1 Å². The van der Waals surface area contributed by atoms with E-state index in [2.05, 4.69) is 10.8 Å². The van der Waals surface area contributed by atoms with Crippen LogP contribution < -0.4 is 4.72 Å². The van der Waals surface area contributed by atoms with Crippen LogP contribution in [0.1, 0.15) is 40.7 Å². The van der Waals surface area contributed by atoms with Gasteiger partial charge in [-0.1, -0.05) is 6.07 Å². The van der Waals surface area contributed by atoms with E-state index >= 15 is 0 Å². The van der Waals surface area contributed by atoms with Crippen LogP contribution in [0.2, 0.25) is 0 Å². The van der Waals surface area contributed by atoms with E-state index in [0.29, 0.717) is 13.1 Å². The van der Waals surface area contributed by atoms with Crippen molar-refractivity contribution in [1.82, 2.24) is 9.62 Å². The number of carbonyl (C=O) groups is 1. The average molecular weight is 322 g/mol. The number of piperidine rings is 1. The smallest absolute Gasteiger partial charge is 0.253 e. The minimum Gasteiger partial charge on any atom is -0.337 e. The Morgan fingerprint density at radius 3 is 2.77 bits per heavy atom. The minimum absolute atomic E-state index is 0.00898. The lowest BCUT2D eigenvalue weighted by Crippen LogP contribution is -2.49. The first-order valence-electron chi connectivity index (χ1n) is 7.81. The van der Waals surface area contributed by atoms with Gasteiger partial charge in [0.25, 0.3) is 5.91 Å². The first-order valence-corrected chi connectivity index (χ1v) is 9.70. The molecule has 1 aromatic rings. The number of fused-ring (bicyclic) bond motifs is 1. The summed E-state index contributed by atoms with van der Waals surface area (Å²) in [6.45, 7) is 1.14. The molecule has 1 aliphatic carbocycles. The predicted molar refractivity (Wildman–Crippen MR) is 85.4 cm³/mol. The Hall–Kier alpha value is -1.40. The molecule has 0 aromatic heterocycles. The van der Waals surface area contributed by atoms with Crippen LogP contribution in [-0.4, -0.2) is 44.6 Å². The molecule has 1 atom stereocenters. The van der Waals surface area contributed by atoms with Gasteiger partial charge < -0.3 is 4.90 Å². The average Bonchev–Trinajstić information content (AvgIpc) is 2.92. The van der Waals surface area contributed by atoms with Gasteiger partial charge in [-0.3, -0.25) is 4.79 Å². The topological polar surface area (TPSA) is 66.5 Å². The number of sulfonamides is 1. The Bertz CT molecular complexity index is 685. The molecule has 22 heavy (non-hydrogen) atoms. The number of carbonyl (C=O) groups excluding carboxylic acids is 1. The van der Waals surface area contributed by atoms with Gasteiger partial charge >= 0.3 is 0 Å². The van der Waals surface area contributed by atoms with Crippen molar-refractivity contribution in [3.05, 3.63) is 34.9 Å². The molecule has 1 saturated heterocycles. The van der Waals surface area contributed by atoms with Gasteiger partial charge in [-0.05, 0) is 55.4 Å². The van der Waals surface area contributed by atoms with E-state index in [-0.39, 0.29) is 11.9 Å². The number of likely N-dealkylation sites (tertiary alicyclic amines) is 1. The van der Waals surface area contributed by atoms with E-state index in [1.54, 1.807) is 4.90 Å². The molecular formula is C16H22N2O3S. The molecule has 3 rings (SSSR count). The van der Waals surface area contributed by atoms with Gasteiger partial charge in [0.1, 0.15) is 0 Å². The Morgan fingerprint density at radius 1 is 1.23 bits per heavy atom. The Morgan fingerprint density at radius 2 is 2.00 bits per heavy atom. The summed E-state index contributed by atoms with van der Waals surface area (Å²) in [5.74, 6) is 0.00898. The lowest BCUT2D eigenvalue weighted by atomic mass is 10.0. The zero-order valence-electron chi connectivity index (χ0n) is 12.8. The minimum atomic E-state index is -3.23. The highest BCUT2D eigenvalue weighted by Gasteiger charge is 2.26. The van der Waals surface area contributed by atoms with E-state index in [1.165, 1.54) is 11.1 Å². The largest absolute Gasteiger partial charge is 0.337 e. The van der Waals surface area contributed by atoms with E-state index in [0.717, 1.165) is 43.9 Å². The van der Waals surface area contributed by atoms with Crippen LogP contribution in [0.3, 0.4) is 0 Å². The molecule has 120 valence electrons. The second-order valence-electron chi connectivity index (χ2n) is 6.32. The summed E-state index contributed by atoms with van der Waals surface area (Å²) in [5, 5.41) is 0. The van der Waals surface area contributed by atoms with Crippen molar-refractivity contribution in [1.29, 1.82) is 0 Å². The number of hydrogen-bond donors (Lipinski definition) is 1. The maximum atomic E-state index is 12.7. The molecule has 0 bridgehead atoms. The number of hydrogen-bond acceptors (Lipinski definition) is 3. The number of nitrogens with one attached hydrogen (secondary N) is 1. The third-order valence-electron chi connectivity index (χ3n) is 4.43.